The predicted molar refractivity (Wildman–Crippen MR) is 70.1 cm³/mol. The summed E-state index contributed by atoms with van der Waals surface area (Å²) in [5.41, 5.74) is 7.72. The van der Waals surface area contributed by atoms with Gasteiger partial charge in [-0.2, -0.15) is 5.10 Å². The summed E-state index contributed by atoms with van der Waals surface area (Å²) in [4.78, 5) is 10.5. The van der Waals surface area contributed by atoms with E-state index in [0.29, 0.717) is 12.4 Å². The van der Waals surface area contributed by atoms with E-state index in [1.54, 1.807) is 12.1 Å². The summed E-state index contributed by atoms with van der Waals surface area (Å²) in [6.45, 7) is 3.96. The van der Waals surface area contributed by atoms with E-state index in [-0.39, 0.29) is 0 Å². The van der Waals surface area contributed by atoms with Crippen molar-refractivity contribution in [3.8, 4) is 5.75 Å². The van der Waals surface area contributed by atoms with Gasteiger partial charge in [-0.1, -0.05) is 28.6 Å². The molecule has 0 aliphatic heterocycles. The van der Waals surface area contributed by atoms with Gasteiger partial charge in [-0.25, -0.2) is 10.2 Å². The summed E-state index contributed by atoms with van der Waals surface area (Å²) in [6, 6.07) is 4.73. The van der Waals surface area contributed by atoms with E-state index < -0.39 is 6.03 Å². The highest BCUT2D eigenvalue weighted by Crippen LogP contribution is 2.21. The molecular formula is C11H12BrN3O2. The van der Waals surface area contributed by atoms with E-state index in [1.807, 2.05) is 12.1 Å². The van der Waals surface area contributed by atoms with Crippen LogP contribution in [-0.2, 0) is 0 Å². The summed E-state index contributed by atoms with van der Waals surface area (Å²) in [7, 11) is 0. The van der Waals surface area contributed by atoms with Crippen molar-refractivity contribution >= 4 is 28.2 Å². The van der Waals surface area contributed by atoms with Gasteiger partial charge in [0.1, 0.15) is 12.4 Å². The molecule has 0 radical (unpaired) electrons. The maximum Gasteiger partial charge on any atom is 0.332 e. The zero-order valence-corrected chi connectivity index (χ0v) is 10.6. The Kier molecular flexibility index (Phi) is 5.22. The van der Waals surface area contributed by atoms with Gasteiger partial charge in [0.05, 0.1) is 6.21 Å². The number of nitrogens with one attached hydrogen (secondary N) is 1. The zero-order chi connectivity index (χ0) is 12.7. The molecule has 0 heterocycles. The summed E-state index contributed by atoms with van der Waals surface area (Å²) >= 11 is 3.34. The molecule has 1 aromatic carbocycles. The summed E-state index contributed by atoms with van der Waals surface area (Å²) < 4.78 is 6.30. The third-order valence-corrected chi connectivity index (χ3v) is 2.20. The van der Waals surface area contributed by atoms with Crippen molar-refractivity contribution in [2.24, 2.45) is 10.8 Å². The number of urea groups is 1. The molecule has 1 rings (SSSR count). The largest absolute Gasteiger partial charge is 0.489 e. The van der Waals surface area contributed by atoms with Gasteiger partial charge in [0.2, 0.25) is 0 Å². The number of halogens is 1. The van der Waals surface area contributed by atoms with Crippen molar-refractivity contribution in [2.75, 3.05) is 6.61 Å². The Morgan fingerprint density at radius 2 is 2.41 bits per heavy atom. The zero-order valence-electron chi connectivity index (χ0n) is 9.02. The lowest BCUT2D eigenvalue weighted by molar-refractivity contribution is 0.249. The SMILES string of the molecule is C=CCOc1ccc(Br)cc1C=NNC(N)=O. The molecule has 0 aliphatic rings. The van der Waals surface area contributed by atoms with Crippen LogP contribution in [0.3, 0.4) is 0 Å². The number of rotatable bonds is 5. The first-order chi connectivity index (χ1) is 8.13. The van der Waals surface area contributed by atoms with Crippen LogP contribution in [-0.4, -0.2) is 18.9 Å². The van der Waals surface area contributed by atoms with Gasteiger partial charge in [-0.3, -0.25) is 0 Å². The van der Waals surface area contributed by atoms with E-state index in [1.165, 1.54) is 6.21 Å². The highest BCUT2D eigenvalue weighted by Gasteiger charge is 2.02. The van der Waals surface area contributed by atoms with Crippen molar-refractivity contribution in [1.29, 1.82) is 0 Å². The summed E-state index contributed by atoms with van der Waals surface area (Å²) in [6.07, 6.45) is 3.10. The van der Waals surface area contributed by atoms with Crippen LogP contribution < -0.4 is 15.9 Å². The molecule has 6 heteroatoms. The predicted octanol–water partition coefficient (Wildman–Crippen LogP) is 2.02. The molecule has 0 bridgehead atoms. The Balaban J connectivity index is 2.86. The number of hydrazone groups is 1. The minimum absolute atomic E-state index is 0.395. The minimum atomic E-state index is -0.718. The van der Waals surface area contributed by atoms with Crippen molar-refractivity contribution in [3.63, 3.8) is 0 Å². The topological polar surface area (TPSA) is 76.7 Å². The summed E-state index contributed by atoms with van der Waals surface area (Å²) in [5.74, 6) is 0.642. The molecule has 0 aromatic heterocycles. The van der Waals surface area contributed by atoms with E-state index in [0.717, 1.165) is 10.0 Å². The number of ether oxygens (including phenoxy) is 1. The number of nitrogens with two attached hydrogens (primary N) is 1. The van der Waals surface area contributed by atoms with Gasteiger partial charge in [0.15, 0.2) is 0 Å². The number of hydrogen-bond acceptors (Lipinski definition) is 3. The lowest BCUT2D eigenvalue weighted by Crippen LogP contribution is -2.24. The fraction of sp³-hybridized carbons (Fsp3) is 0.0909. The number of benzene rings is 1. The number of nitrogens with zero attached hydrogens (tertiary/aromatic N) is 1. The second-order valence-electron chi connectivity index (χ2n) is 3.02. The van der Waals surface area contributed by atoms with Gasteiger partial charge < -0.3 is 10.5 Å². The molecule has 0 aliphatic carbocycles. The van der Waals surface area contributed by atoms with Crippen LogP contribution in [0.25, 0.3) is 0 Å². The highest BCUT2D eigenvalue weighted by atomic mass is 79.9. The fourth-order valence-electron chi connectivity index (χ4n) is 1.07. The van der Waals surface area contributed by atoms with Gasteiger partial charge in [-0.05, 0) is 18.2 Å². The van der Waals surface area contributed by atoms with Crippen molar-refractivity contribution in [3.05, 3.63) is 40.9 Å². The monoisotopic (exact) mass is 297 g/mol. The van der Waals surface area contributed by atoms with Gasteiger partial charge in [0.25, 0.3) is 0 Å². The Labute approximate surface area is 107 Å². The first kappa shape index (κ1) is 13.2. The molecule has 0 spiro atoms. The maximum absolute atomic E-state index is 10.5. The number of hydrogen-bond donors (Lipinski definition) is 2. The molecule has 3 N–H and O–H groups in total. The van der Waals surface area contributed by atoms with E-state index >= 15 is 0 Å². The Morgan fingerprint density at radius 1 is 1.65 bits per heavy atom. The smallest absolute Gasteiger partial charge is 0.332 e. The van der Waals surface area contributed by atoms with E-state index in [4.69, 9.17) is 10.5 Å². The number of primary amides is 1. The molecule has 5 nitrogen and oxygen atoms in total. The highest BCUT2D eigenvalue weighted by molar-refractivity contribution is 9.10. The normalized spacial score (nSPS) is 10.2. The molecule has 0 fully saturated rings. The minimum Gasteiger partial charge on any atom is -0.489 e. The molecule has 1 aromatic rings. The van der Waals surface area contributed by atoms with Crippen LogP contribution >= 0.6 is 15.9 Å². The van der Waals surface area contributed by atoms with Crippen LogP contribution in [0.2, 0.25) is 0 Å². The first-order valence-electron chi connectivity index (χ1n) is 4.75. The van der Waals surface area contributed by atoms with Gasteiger partial charge >= 0.3 is 6.03 Å². The maximum atomic E-state index is 10.5. The molecule has 2 amide bonds. The van der Waals surface area contributed by atoms with Crippen LogP contribution in [0, 0.1) is 0 Å². The molecule has 0 saturated heterocycles. The molecule has 90 valence electrons. The van der Waals surface area contributed by atoms with E-state index in [2.05, 4.69) is 33.0 Å². The van der Waals surface area contributed by atoms with E-state index in [9.17, 15) is 4.79 Å². The number of amides is 2. The van der Waals surface area contributed by atoms with Crippen molar-refractivity contribution < 1.29 is 9.53 Å². The van der Waals surface area contributed by atoms with Gasteiger partial charge in [0, 0.05) is 10.0 Å². The number of carbonyl (C=O) groups is 1. The number of carbonyl (C=O) groups excluding carboxylic acids is 1. The van der Waals surface area contributed by atoms with Crippen molar-refractivity contribution in [1.82, 2.24) is 5.43 Å². The van der Waals surface area contributed by atoms with Gasteiger partial charge in [-0.15, -0.1) is 0 Å². The van der Waals surface area contributed by atoms with Crippen LogP contribution in [0.1, 0.15) is 5.56 Å². The molecule has 0 saturated carbocycles. The molecular weight excluding hydrogens is 286 g/mol. The van der Waals surface area contributed by atoms with Crippen LogP contribution in [0.4, 0.5) is 4.79 Å². The Morgan fingerprint density at radius 3 is 3.06 bits per heavy atom. The standard InChI is InChI=1S/C11H12BrN3O2/c1-2-5-17-10-4-3-9(12)6-8(10)7-14-15-11(13)16/h2-4,6-7H,1,5H2,(H3,13,15,16). The van der Waals surface area contributed by atoms with Crippen LogP contribution in [0.5, 0.6) is 5.75 Å². The average molecular weight is 298 g/mol. The lowest BCUT2D eigenvalue weighted by Gasteiger charge is -2.07. The lowest BCUT2D eigenvalue weighted by atomic mass is 10.2. The third-order valence-electron chi connectivity index (χ3n) is 1.71. The molecule has 0 atom stereocenters. The average Bonchev–Trinajstić information content (AvgIpc) is 2.27. The Bertz CT molecular complexity index is 446. The molecule has 17 heavy (non-hydrogen) atoms. The van der Waals surface area contributed by atoms with Crippen molar-refractivity contribution in [2.45, 2.75) is 0 Å². The Hall–Kier alpha value is -1.82. The fourth-order valence-corrected chi connectivity index (χ4v) is 1.44. The quantitative estimate of drug-likeness (QED) is 0.495. The molecule has 0 unspecified atom stereocenters. The second kappa shape index (κ2) is 6.70. The third kappa shape index (κ3) is 4.69. The van der Waals surface area contributed by atoms with Crippen LogP contribution in [0.15, 0.2) is 40.4 Å². The summed E-state index contributed by atoms with van der Waals surface area (Å²) in [5, 5.41) is 3.67. The second-order valence-corrected chi connectivity index (χ2v) is 3.93. The first-order valence-corrected chi connectivity index (χ1v) is 5.54.